The molecule has 1 fully saturated rings. The lowest BCUT2D eigenvalue weighted by Crippen LogP contribution is -2.45. The lowest BCUT2D eigenvalue weighted by atomic mass is 10.2. The Hall–Kier alpha value is 0.260. The minimum atomic E-state index is -5.10. The first-order valence-corrected chi connectivity index (χ1v) is 7.78. The Morgan fingerprint density at radius 2 is 1.33 bits per heavy atom. The summed E-state index contributed by atoms with van der Waals surface area (Å²) in [5, 5.41) is 0. The summed E-state index contributed by atoms with van der Waals surface area (Å²) in [5.74, 6) is 0. The maximum Gasteiger partial charge on any atom is 0.530 e. The van der Waals surface area contributed by atoms with Crippen LogP contribution in [0.4, 0.5) is 0 Å². The molecule has 1 rings (SSSR count). The van der Waals surface area contributed by atoms with Gasteiger partial charge in [-0.2, -0.15) is 4.02 Å². The molecule has 0 bridgehead atoms. The van der Waals surface area contributed by atoms with E-state index >= 15 is 0 Å². The van der Waals surface area contributed by atoms with Gasteiger partial charge in [0.05, 0.1) is 13.1 Å². The van der Waals surface area contributed by atoms with Crippen LogP contribution in [-0.2, 0) is 9.13 Å². The highest BCUT2D eigenvalue weighted by Gasteiger charge is 2.53. The fourth-order valence-corrected chi connectivity index (χ4v) is 4.63. The van der Waals surface area contributed by atoms with Crippen molar-refractivity contribution in [1.82, 2.24) is 0 Å². The van der Waals surface area contributed by atoms with Crippen molar-refractivity contribution in [3.8, 4) is 0 Å². The summed E-state index contributed by atoms with van der Waals surface area (Å²) >= 11 is 0. The van der Waals surface area contributed by atoms with Gasteiger partial charge >= 0.3 is 15.5 Å². The van der Waals surface area contributed by atoms with Crippen molar-refractivity contribution in [1.29, 1.82) is 0 Å². The Labute approximate surface area is 87.7 Å². The molecule has 1 atom stereocenters. The molecule has 0 aliphatic carbocycles. The standard InChI is InChI=1S/C6H15NO6P2/c8-14(9,10)7(15(11,12)13)5-3-1-2-4-6-7/h1-6H2,(H3-,8,9,10,11,12,13). The fraction of sp³-hybridized carbons (Fsp3) is 1.00. The molecular formula is C6H15NO6P2. The van der Waals surface area contributed by atoms with Crippen LogP contribution in [0, 0.1) is 0 Å². The number of hydrogen-bond acceptors (Lipinski definition) is 3. The van der Waals surface area contributed by atoms with Crippen LogP contribution >= 0.6 is 15.5 Å². The molecule has 1 aliphatic rings. The van der Waals surface area contributed by atoms with E-state index in [2.05, 4.69) is 0 Å². The first-order valence-electron chi connectivity index (χ1n) is 4.68. The third-order valence-corrected chi connectivity index (χ3v) is 6.83. The largest absolute Gasteiger partial charge is 0.730 e. The van der Waals surface area contributed by atoms with Gasteiger partial charge in [-0.3, -0.25) is 9.79 Å². The van der Waals surface area contributed by atoms with Crippen LogP contribution in [0.2, 0.25) is 0 Å². The Balaban J connectivity index is 3.17. The molecule has 0 aromatic carbocycles. The van der Waals surface area contributed by atoms with Gasteiger partial charge in [-0.1, -0.05) is 0 Å². The molecule has 1 unspecified atom stereocenters. The molecule has 0 spiro atoms. The Bertz CT molecular complexity index is 288. The Kier molecular flexibility index (Phi) is 3.78. The number of rotatable bonds is 2. The zero-order valence-electron chi connectivity index (χ0n) is 8.15. The van der Waals surface area contributed by atoms with Crippen molar-refractivity contribution in [2.75, 3.05) is 13.1 Å². The van der Waals surface area contributed by atoms with Gasteiger partial charge in [-0.25, -0.2) is 9.13 Å². The summed E-state index contributed by atoms with van der Waals surface area (Å²) < 4.78 is 20.9. The average molecular weight is 259 g/mol. The highest BCUT2D eigenvalue weighted by Crippen LogP contribution is 2.64. The molecule has 0 saturated carbocycles. The lowest BCUT2D eigenvalue weighted by molar-refractivity contribution is -0.729. The highest BCUT2D eigenvalue weighted by molar-refractivity contribution is 7.57. The van der Waals surface area contributed by atoms with E-state index in [1.54, 1.807) is 0 Å². The van der Waals surface area contributed by atoms with Gasteiger partial charge in [0.1, 0.15) is 0 Å². The summed E-state index contributed by atoms with van der Waals surface area (Å²) in [5.41, 5.74) is 0. The number of nitrogens with zero attached hydrogens (tertiary/aromatic N) is 1. The topological polar surface area (TPSA) is 118 Å². The van der Waals surface area contributed by atoms with Crippen molar-refractivity contribution in [3.05, 3.63) is 0 Å². The molecule has 1 aliphatic heterocycles. The normalized spacial score (nSPS) is 26.7. The Morgan fingerprint density at radius 3 is 1.60 bits per heavy atom. The summed E-state index contributed by atoms with van der Waals surface area (Å²) in [4.78, 5) is 38.4. The van der Waals surface area contributed by atoms with E-state index in [-0.39, 0.29) is 13.1 Å². The van der Waals surface area contributed by atoms with Crippen LogP contribution in [0.5, 0.6) is 0 Å². The molecule has 1 heterocycles. The summed E-state index contributed by atoms with van der Waals surface area (Å²) in [6, 6.07) is 0. The van der Waals surface area contributed by atoms with Crippen LogP contribution in [0.3, 0.4) is 0 Å². The van der Waals surface area contributed by atoms with Crippen molar-refractivity contribution < 1.29 is 32.7 Å². The molecule has 9 heteroatoms. The summed E-state index contributed by atoms with van der Waals surface area (Å²) in [6.07, 6.45) is 2.22. The van der Waals surface area contributed by atoms with Crippen molar-refractivity contribution >= 4 is 15.5 Å². The Morgan fingerprint density at radius 1 is 0.933 bits per heavy atom. The average Bonchev–Trinajstić information content (AvgIpc) is 2.25. The van der Waals surface area contributed by atoms with Gasteiger partial charge in [0.25, 0.3) is 0 Å². The third-order valence-electron chi connectivity index (χ3n) is 2.74. The molecule has 0 aromatic heterocycles. The molecule has 0 radical (unpaired) electrons. The lowest BCUT2D eigenvalue weighted by Gasteiger charge is -2.42. The zero-order chi connectivity index (χ0) is 11.7. The van der Waals surface area contributed by atoms with Gasteiger partial charge in [-0.15, -0.1) is 0 Å². The summed E-state index contributed by atoms with van der Waals surface area (Å²) in [7, 11) is -10.0. The maximum absolute atomic E-state index is 11.2. The van der Waals surface area contributed by atoms with Crippen molar-refractivity contribution in [3.63, 3.8) is 0 Å². The van der Waals surface area contributed by atoms with Crippen LogP contribution in [0.1, 0.15) is 25.7 Å². The highest BCUT2D eigenvalue weighted by atomic mass is 31.3. The fourth-order valence-electron chi connectivity index (χ4n) is 1.86. The first-order chi connectivity index (χ1) is 6.71. The molecular weight excluding hydrogens is 244 g/mol. The second-order valence-electron chi connectivity index (χ2n) is 3.74. The minimum Gasteiger partial charge on any atom is -0.730 e. The van der Waals surface area contributed by atoms with Crippen LogP contribution in [-0.4, -0.2) is 31.8 Å². The smallest absolute Gasteiger partial charge is 0.530 e. The van der Waals surface area contributed by atoms with E-state index in [1.807, 2.05) is 0 Å². The van der Waals surface area contributed by atoms with Gasteiger partial charge in [-0.05, 0) is 25.7 Å². The minimum absolute atomic E-state index is 0.221. The monoisotopic (exact) mass is 259 g/mol. The van der Waals surface area contributed by atoms with Crippen LogP contribution < -0.4 is 4.89 Å². The maximum atomic E-state index is 11.2. The van der Waals surface area contributed by atoms with E-state index in [1.165, 1.54) is 0 Å². The quantitative estimate of drug-likeness (QED) is 0.597. The second kappa shape index (κ2) is 4.26. The van der Waals surface area contributed by atoms with Crippen LogP contribution in [0.15, 0.2) is 0 Å². The van der Waals surface area contributed by atoms with Gasteiger partial charge in [0, 0.05) is 0 Å². The van der Waals surface area contributed by atoms with Crippen molar-refractivity contribution in [2.45, 2.75) is 25.7 Å². The van der Waals surface area contributed by atoms with Crippen molar-refractivity contribution in [2.24, 2.45) is 0 Å². The second-order valence-corrected chi connectivity index (χ2v) is 7.60. The first kappa shape index (κ1) is 13.3. The van der Waals surface area contributed by atoms with E-state index < -0.39 is 19.5 Å². The number of quaternary nitrogens is 1. The predicted molar refractivity (Wildman–Crippen MR) is 50.3 cm³/mol. The molecule has 15 heavy (non-hydrogen) atoms. The molecule has 90 valence electrons. The van der Waals surface area contributed by atoms with E-state index in [0.29, 0.717) is 12.8 Å². The van der Waals surface area contributed by atoms with Gasteiger partial charge in [0.15, 0.2) is 0 Å². The third kappa shape index (κ3) is 2.50. The van der Waals surface area contributed by atoms with Crippen LogP contribution in [0.25, 0.3) is 0 Å². The van der Waals surface area contributed by atoms with Gasteiger partial charge in [0.2, 0.25) is 0 Å². The van der Waals surface area contributed by atoms with E-state index in [9.17, 15) is 14.0 Å². The molecule has 0 amide bonds. The summed E-state index contributed by atoms with van der Waals surface area (Å²) in [6.45, 7) is -0.441. The zero-order valence-corrected chi connectivity index (χ0v) is 9.94. The van der Waals surface area contributed by atoms with E-state index in [0.717, 1.165) is 12.8 Å². The molecule has 1 saturated heterocycles. The van der Waals surface area contributed by atoms with Gasteiger partial charge < -0.3 is 9.79 Å². The molecule has 0 aromatic rings. The number of hydrogen-bond donors (Lipinski definition) is 3. The molecule has 3 N–H and O–H groups in total. The SMILES string of the molecule is O=P([O-])(O)[N+]1(P(=O)(O)O)CCCCCC1. The van der Waals surface area contributed by atoms with E-state index in [4.69, 9.17) is 14.7 Å². The predicted octanol–water partition coefficient (Wildman–Crippen LogP) is -0.0694. The molecule has 7 nitrogen and oxygen atoms in total.